The molecule has 0 fully saturated rings. The summed E-state index contributed by atoms with van der Waals surface area (Å²) < 4.78 is 2.55. The van der Waals surface area contributed by atoms with Crippen LogP contribution in [0.15, 0.2) is 35.1 Å². The standard InChI is InChI=1S/C9H8ClN3O/c1-12-9(14)13(8(10)11-12)7-5-3-2-4-6-7/h2-6H,1H3. The van der Waals surface area contributed by atoms with Gasteiger partial charge in [-0.05, 0) is 23.7 Å². The van der Waals surface area contributed by atoms with Gasteiger partial charge in [0.05, 0.1) is 5.69 Å². The van der Waals surface area contributed by atoms with Gasteiger partial charge in [0.15, 0.2) is 0 Å². The Morgan fingerprint density at radius 1 is 1.29 bits per heavy atom. The van der Waals surface area contributed by atoms with Crippen LogP contribution in [0.3, 0.4) is 0 Å². The van der Waals surface area contributed by atoms with Crippen molar-refractivity contribution in [2.45, 2.75) is 0 Å². The van der Waals surface area contributed by atoms with Gasteiger partial charge in [-0.2, -0.15) is 0 Å². The van der Waals surface area contributed by atoms with Crippen molar-refractivity contribution in [3.8, 4) is 5.69 Å². The molecule has 0 aliphatic heterocycles. The first-order valence-electron chi connectivity index (χ1n) is 4.07. The molecule has 0 radical (unpaired) electrons. The summed E-state index contributed by atoms with van der Waals surface area (Å²) in [6.45, 7) is 0. The molecule has 1 aromatic carbocycles. The molecule has 5 heteroatoms. The quantitative estimate of drug-likeness (QED) is 0.709. The number of para-hydroxylation sites is 1. The maximum atomic E-state index is 11.6. The highest BCUT2D eigenvalue weighted by Gasteiger charge is 2.09. The SMILES string of the molecule is Cn1nc(Cl)n(-c2ccccc2)c1=O. The Kier molecular flexibility index (Phi) is 2.13. The molecular formula is C9H8ClN3O. The lowest BCUT2D eigenvalue weighted by atomic mass is 10.3. The van der Waals surface area contributed by atoms with E-state index in [9.17, 15) is 4.79 Å². The van der Waals surface area contributed by atoms with Crippen molar-refractivity contribution in [1.29, 1.82) is 0 Å². The van der Waals surface area contributed by atoms with Gasteiger partial charge in [0.1, 0.15) is 0 Å². The Bertz CT molecular complexity index is 501. The van der Waals surface area contributed by atoms with E-state index in [-0.39, 0.29) is 11.0 Å². The van der Waals surface area contributed by atoms with Gasteiger partial charge in [-0.1, -0.05) is 18.2 Å². The molecule has 0 bridgehead atoms. The number of nitrogens with zero attached hydrogens (tertiary/aromatic N) is 3. The summed E-state index contributed by atoms with van der Waals surface area (Å²) in [7, 11) is 1.56. The molecule has 2 aromatic rings. The predicted octanol–water partition coefficient (Wildman–Crippen LogP) is 1.22. The van der Waals surface area contributed by atoms with Gasteiger partial charge >= 0.3 is 5.69 Å². The fourth-order valence-electron chi connectivity index (χ4n) is 1.23. The van der Waals surface area contributed by atoms with E-state index in [0.29, 0.717) is 0 Å². The van der Waals surface area contributed by atoms with Crippen molar-refractivity contribution < 1.29 is 0 Å². The Morgan fingerprint density at radius 2 is 1.93 bits per heavy atom. The number of rotatable bonds is 1. The monoisotopic (exact) mass is 209 g/mol. The van der Waals surface area contributed by atoms with Crippen molar-refractivity contribution in [3.63, 3.8) is 0 Å². The highest BCUT2D eigenvalue weighted by atomic mass is 35.5. The van der Waals surface area contributed by atoms with Gasteiger partial charge in [-0.3, -0.25) is 0 Å². The molecule has 1 aromatic heterocycles. The second-order valence-corrected chi connectivity index (χ2v) is 3.18. The Labute approximate surface area is 85.4 Å². The summed E-state index contributed by atoms with van der Waals surface area (Å²) in [5, 5.41) is 3.99. The van der Waals surface area contributed by atoms with Crippen LogP contribution in [0.1, 0.15) is 0 Å². The van der Waals surface area contributed by atoms with Crippen LogP contribution in [0.25, 0.3) is 5.69 Å². The highest BCUT2D eigenvalue weighted by molar-refractivity contribution is 6.28. The first kappa shape index (κ1) is 9.02. The number of hydrogen-bond donors (Lipinski definition) is 0. The maximum absolute atomic E-state index is 11.6. The molecule has 14 heavy (non-hydrogen) atoms. The minimum atomic E-state index is -0.249. The molecule has 0 saturated heterocycles. The first-order chi connectivity index (χ1) is 6.70. The van der Waals surface area contributed by atoms with Crippen molar-refractivity contribution in [1.82, 2.24) is 14.3 Å². The average Bonchev–Trinajstić information content (AvgIpc) is 2.43. The Morgan fingerprint density at radius 3 is 2.43 bits per heavy atom. The van der Waals surface area contributed by atoms with Crippen molar-refractivity contribution >= 4 is 11.6 Å². The number of aromatic nitrogens is 3. The number of hydrogen-bond acceptors (Lipinski definition) is 2. The van der Waals surface area contributed by atoms with Crippen LogP contribution in [0, 0.1) is 0 Å². The fourth-order valence-corrected chi connectivity index (χ4v) is 1.51. The average molecular weight is 210 g/mol. The molecule has 1 heterocycles. The second kappa shape index (κ2) is 3.31. The fraction of sp³-hybridized carbons (Fsp3) is 0.111. The molecule has 0 amide bonds. The molecule has 0 aliphatic rings. The van der Waals surface area contributed by atoms with Crippen LogP contribution >= 0.6 is 11.6 Å². The minimum Gasteiger partial charge on any atom is -0.246 e. The van der Waals surface area contributed by atoms with E-state index >= 15 is 0 Å². The zero-order valence-corrected chi connectivity index (χ0v) is 8.27. The summed E-state index contributed by atoms with van der Waals surface area (Å²) in [5.74, 6) is 0. The van der Waals surface area contributed by atoms with Gasteiger partial charge in [0.25, 0.3) is 0 Å². The lowest BCUT2D eigenvalue weighted by Gasteiger charge is -1.99. The van der Waals surface area contributed by atoms with Crippen molar-refractivity contribution in [2.75, 3.05) is 0 Å². The minimum absolute atomic E-state index is 0.170. The van der Waals surface area contributed by atoms with Crippen LogP contribution in [-0.4, -0.2) is 14.3 Å². The molecule has 2 rings (SSSR count). The zero-order valence-electron chi connectivity index (χ0n) is 7.51. The third-order valence-electron chi connectivity index (χ3n) is 1.90. The summed E-state index contributed by atoms with van der Waals surface area (Å²) in [5.41, 5.74) is 0.469. The van der Waals surface area contributed by atoms with E-state index in [0.717, 1.165) is 5.69 Å². The van der Waals surface area contributed by atoms with Gasteiger partial charge < -0.3 is 0 Å². The van der Waals surface area contributed by atoms with E-state index in [1.807, 2.05) is 18.2 Å². The van der Waals surface area contributed by atoms with Gasteiger partial charge in [0.2, 0.25) is 5.28 Å². The summed E-state index contributed by atoms with van der Waals surface area (Å²) in [6, 6.07) is 9.15. The first-order valence-corrected chi connectivity index (χ1v) is 4.45. The van der Waals surface area contributed by atoms with E-state index in [1.54, 1.807) is 19.2 Å². The van der Waals surface area contributed by atoms with E-state index < -0.39 is 0 Å². The van der Waals surface area contributed by atoms with E-state index in [1.165, 1.54) is 9.25 Å². The molecule has 0 atom stereocenters. The van der Waals surface area contributed by atoms with Crippen molar-refractivity contribution in [3.05, 3.63) is 46.1 Å². The van der Waals surface area contributed by atoms with E-state index in [2.05, 4.69) is 5.10 Å². The van der Waals surface area contributed by atoms with Gasteiger partial charge in [-0.15, -0.1) is 5.10 Å². The molecule has 0 saturated carbocycles. The summed E-state index contributed by atoms with van der Waals surface area (Å²) >= 11 is 5.82. The zero-order chi connectivity index (χ0) is 10.1. The van der Waals surface area contributed by atoms with Crippen LogP contribution in [0.2, 0.25) is 5.28 Å². The number of halogens is 1. The Hall–Kier alpha value is -1.55. The number of benzene rings is 1. The maximum Gasteiger partial charge on any atom is 0.351 e. The Balaban J connectivity index is 2.69. The summed E-state index contributed by atoms with van der Waals surface area (Å²) in [4.78, 5) is 11.6. The number of aryl methyl sites for hydroxylation is 1. The smallest absolute Gasteiger partial charge is 0.246 e. The lowest BCUT2D eigenvalue weighted by molar-refractivity contribution is 0.726. The summed E-state index contributed by atoms with van der Waals surface area (Å²) in [6.07, 6.45) is 0. The molecule has 0 N–H and O–H groups in total. The normalized spacial score (nSPS) is 10.4. The van der Waals surface area contributed by atoms with Crippen LogP contribution in [0.4, 0.5) is 0 Å². The highest BCUT2D eigenvalue weighted by Crippen LogP contribution is 2.09. The lowest BCUT2D eigenvalue weighted by Crippen LogP contribution is -2.21. The van der Waals surface area contributed by atoms with Crippen LogP contribution in [-0.2, 0) is 7.05 Å². The van der Waals surface area contributed by atoms with E-state index in [4.69, 9.17) is 11.6 Å². The second-order valence-electron chi connectivity index (χ2n) is 2.85. The van der Waals surface area contributed by atoms with Crippen LogP contribution < -0.4 is 5.69 Å². The molecular weight excluding hydrogens is 202 g/mol. The molecule has 0 aliphatic carbocycles. The largest absolute Gasteiger partial charge is 0.351 e. The third-order valence-corrected chi connectivity index (χ3v) is 2.14. The topological polar surface area (TPSA) is 39.8 Å². The predicted molar refractivity (Wildman–Crippen MR) is 53.8 cm³/mol. The van der Waals surface area contributed by atoms with Crippen LogP contribution in [0.5, 0.6) is 0 Å². The molecule has 72 valence electrons. The van der Waals surface area contributed by atoms with Gasteiger partial charge in [-0.25, -0.2) is 14.0 Å². The molecule has 4 nitrogen and oxygen atoms in total. The van der Waals surface area contributed by atoms with Gasteiger partial charge in [0, 0.05) is 7.05 Å². The molecule has 0 spiro atoms. The third kappa shape index (κ3) is 1.33. The van der Waals surface area contributed by atoms with Crippen molar-refractivity contribution in [2.24, 2.45) is 7.05 Å². The molecule has 0 unspecified atom stereocenters.